The summed E-state index contributed by atoms with van der Waals surface area (Å²) in [5.74, 6) is -0.192. The minimum absolute atomic E-state index is 0.0814. The van der Waals surface area contributed by atoms with E-state index in [2.05, 4.69) is 41.7 Å². The quantitative estimate of drug-likeness (QED) is 0.211. The van der Waals surface area contributed by atoms with Crippen molar-refractivity contribution in [2.75, 3.05) is 13.2 Å². The predicted molar refractivity (Wildman–Crippen MR) is 138 cm³/mol. The van der Waals surface area contributed by atoms with Gasteiger partial charge in [-0.1, -0.05) is 49.2 Å². The summed E-state index contributed by atoms with van der Waals surface area (Å²) in [6.07, 6.45) is 4.22. The fourth-order valence-electron chi connectivity index (χ4n) is 5.04. The van der Waals surface area contributed by atoms with Crippen LogP contribution in [0.25, 0.3) is 11.1 Å². The van der Waals surface area contributed by atoms with Crippen molar-refractivity contribution in [3.8, 4) is 16.9 Å². The Labute approximate surface area is 213 Å². The monoisotopic (exact) mass is 496 g/mol. The number of carboxylic acids is 1. The van der Waals surface area contributed by atoms with E-state index < -0.39 is 18.6 Å². The molecule has 2 aromatic carbocycles. The zero-order chi connectivity index (χ0) is 25.5. The summed E-state index contributed by atoms with van der Waals surface area (Å²) in [6, 6.07) is 16.8. The Balaban J connectivity index is 1.21. The first kappa shape index (κ1) is 26.6. The molecule has 36 heavy (non-hydrogen) atoms. The molecule has 9 heteroatoms. The maximum atomic E-state index is 11.9. The van der Waals surface area contributed by atoms with E-state index in [0.29, 0.717) is 32.4 Å². The summed E-state index contributed by atoms with van der Waals surface area (Å²) in [6.45, 7) is 2.13. The molecular weight excluding hydrogens is 459 g/mol. The zero-order valence-corrected chi connectivity index (χ0v) is 20.6. The van der Waals surface area contributed by atoms with Gasteiger partial charge in [0.15, 0.2) is 0 Å². The van der Waals surface area contributed by atoms with Gasteiger partial charge in [0.05, 0.1) is 13.2 Å². The van der Waals surface area contributed by atoms with Crippen LogP contribution in [0.5, 0.6) is 5.75 Å². The molecule has 0 bridgehead atoms. The van der Waals surface area contributed by atoms with Crippen LogP contribution in [0.4, 0.5) is 0 Å². The smallest absolute Gasteiger partial charge is 0.451 e. The Morgan fingerprint density at radius 2 is 1.75 bits per heavy atom. The van der Waals surface area contributed by atoms with E-state index in [4.69, 9.17) is 25.3 Å². The van der Waals surface area contributed by atoms with Crippen LogP contribution in [0.1, 0.15) is 44.1 Å². The predicted octanol–water partition coefficient (Wildman–Crippen LogP) is 2.81. The second kappa shape index (κ2) is 12.2. The molecule has 8 nitrogen and oxygen atoms in total. The van der Waals surface area contributed by atoms with Gasteiger partial charge in [0.25, 0.3) is 0 Å². The third-order valence-corrected chi connectivity index (χ3v) is 7.49. The van der Waals surface area contributed by atoms with Crippen LogP contribution in [0.3, 0.4) is 0 Å². The van der Waals surface area contributed by atoms with Gasteiger partial charge in [-0.2, -0.15) is 0 Å². The average Bonchev–Trinajstić information content (AvgIpc) is 3.34. The van der Waals surface area contributed by atoms with Gasteiger partial charge in [-0.3, -0.25) is 4.79 Å². The number of ether oxygens (including phenoxy) is 2. The fourth-order valence-corrected chi connectivity index (χ4v) is 5.04. The van der Waals surface area contributed by atoms with Crippen molar-refractivity contribution >= 4 is 13.1 Å². The molecule has 0 radical (unpaired) electrons. The van der Waals surface area contributed by atoms with Crippen LogP contribution >= 0.6 is 0 Å². The Hall–Kier alpha value is -2.43. The molecule has 2 atom stereocenters. The van der Waals surface area contributed by atoms with Crippen LogP contribution in [-0.2, 0) is 16.1 Å². The molecule has 6 N–H and O–H groups in total. The number of hydrogen-bond donors (Lipinski definition) is 5. The van der Waals surface area contributed by atoms with Gasteiger partial charge in [-0.25, -0.2) is 0 Å². The van der Waals surface area contributed by atoms with Gasteiger partial charge in [0, 0.05) is 19.0 Å². The molecular formula is C27H37BN2O6. The van der Waals surface area contributed by atoms with Crippen LogP contribution < -0.4 is 15.8 Å². The topological polar surface area (TPSA) is 134 Å². The number of hydrogen-bond acceptors (Lipinski definition) is 7. The lowest BCUT2D eigenvalue weighted by molar-refractivity contribution is -0.148. The molecule has 2 aliphatic rings. The lowest BCUT2D eigenvalue weighted by atomic mass is 9.66. The zero-order valence-electron chi connectivity index (χ0n) is 20.6. The summed E-state index contributed by atoms with van der Waals surface area (Å²) in [7, 11) is -1.36. The molecule has 2 unspecified atom stereocenters. The Kier molecular flexibility index (Phi) is 9.03. The van der Waals surface area contributed by atoms with Gasteiger partial charge >= 0.3 is 13.1 Å². The van der Waals surface area contributed by atoms with Gasteiger partial charge in [0.2, 0.25) is 0 Å². The SMILES string of the molecule is NC(CCCCB(O)O)(C(=O)O)[C@H]1C[C@@H](NCc2ccc(-c3ccc(OC4CCOC4)cc3)cc2)C1. The average molecular weight is 496 g/mol. The van der Waals surface area contributed by atoms with E-state index in [0.717, 1.165) is 42.7 Å². The van der Waals surface area contributed by atoms with E-state index >= 15 is 0 Å². The molecule has 1 aliphatic carbocycles. The van der Waals surface area contributed by atoms with Crippen molar-refractivity contribution in [3.63, 3.8) is 0 Å². The molecule has 2 fully saturated rings. The highest BCUT2D eigenvalue weighted by molar-refractivity contribution is 6.40. The lowest BCUT2D eigenvalue weighted by Crippen LogP contribution is -2.61. The van der Waals surface area contributed by atoms with Gasteiger partial charge in [-0.15, -0.1) is 0 Å². The number of nitrogens with two attached hydrogens (primary N) is 1. The number of rotatable bonds is 13. The molecule has 1 saturated heterocycles. The summed E-state index contributed by atoms with van der Waals surface area (Å²) in [5, 5.41) is 31.2. The normalized spacial score (nSPS) is 23.0. The number of carboxylic acid groups (broad SMARTS) is 1. The molecule has 0 aromatic heterocycles. The van der Waals surface area contributed by atoms with E-state index in [9.17, 15) is 9.90 Å². The van der Waals surface area contributed by atoms with Crippen LogP contribution in [-0.4, -0.2) is 59.1 Å². The Morgan fingerprint density at radius 1 is 1.08 bits per heavy atom. The number of aliphatic carboxylic acids is 1. The molecule has 4 rings (SSSR count). The maximum Gasteiger partial charge on any atom is 0.451 e. The van der Waals surface area contributed by atoms with E-state index in [1.807, 2.05) is 12.1 Å². The Bertz CT molecular complexity index is 975. The highest BCUT2D eigenvalue weighted by atomic mass is 16.5. The standard InChI is InChI=1S/C27H37BN2O6/c29-27(26(31)32,12-1-2-13-28(33)34)22-15-23(16-22)30-17-19-3-5-20(6-4-19)21-7-9-24(10-8-21)36-25-11-14-35-18-25/h3-10,22-23,25,30,33-34H,1-2,11-18,29H2,(H,31,32)/t22-,23+,25?,27?. The molecule has 0 spiro atoms. The first-order valence-electron chi connectivity index (χ1n) is 12.9. The third-order valence-electron chi connectivity index (χ3n) is 7.49. The maximum absolute atomic E-state index is 11.9. The second-order valence-electron chi connectivity index (χ2n) is 10.1. The molecule has 1 heterocycles. The first-order chi connectivity index (χ1) is 17.3. The summed E-state index contributed by atoms with van der Waals surface area (Å²) in [4.78, 5) is 11.9. The Morgan fingerprint density at radius 3 is 2.33 bits per heavy atom. The fraction of sp³-hybridized carbons (Fsp3) is 0.519. The highest BCUT2D eigenvalue weighted by Crippen LogP contribution is 2.38. The first-order valence-corrected chi connectivity index (χ1v) is 12.9. The van der Waals surface area contributed by atoms with Gasteiger partial charge in [0.1, 0.15) is 17.4 Å². The van der Waals surface area contributed by atoms with Crippen LogP contribution in [0.15, 0.2) is 48.5 Å². The van der Waals surface area contributed by atoms with E-state index in [-0.39, 0.29) is 24.4 Å². The third kappa shape index (κ3) is 6.86. The van der Waals surface area contributed by atoms with Gasteiger partial charge in [-0.05, 0) is 60.3 Å². The van der Waals surface area contributed by atoms with Gasteiger partial charge < -0.3 is 35.7 Å². The van der Waals surface area contributed by atoms with Crippen LogP contribution in [0, 0.1) is 5.92 Å². The minimum Gasteiger partial charge on any atom is -0.488 e. The molecule has 2 aromatic rings. The molecule has 1 aliphatic heterocycles. The van der Waals surface area contributed by atoms with Crippen molar-refractivity contribution in [3.05, 3.63) is 54.1 Å². The van der Waals surface area contributed by atoms with Crippen molar-refractivity contribution in [2.24, 2.45) is 11.7 Å². The van der Waals surface area contributed by atoms with Crippen molar-refractivity contribution < 1.29 is 29.4 Å². The number of nitrogens with one attached hydrogen (secondary N) is 1. The molecule has 0 amide bonds. The van der Waals surface area contributed by atoms with Crippen molar-refractivity contribution in [1.82, 2.24) is 5.32 Å². The molecule has 194 valence electrons. The second-order valence-corrected chi connectivity index (χ2v) is 10.1. The number of benzene rings is 2. The van der Waals surface area contributed by atoms with Crippen LogP contribution in [0.2, 0.25) is 6.32 Å². The number of carbonyl (C=O) groups is 1. The lowest BCUT2D eigenvalue weighted by Gasteiger charge is -2.45. The summed E-state index contributed by atoms with van der Waals surface area (Å²) >= 11 is 0. The highest BCUT2D eigenvalue weighted by Gasteiger charge is 2.48. The minimum atomic E-state index is -1.36. The largest absolute Gasteiger partial charge is 0.488 e. The van der Waals surface area contributed by atoms with Crippen molar-refractivity contribution in [1.29, 1.82) is 0 Å². The molecule has 1 saturated carbocycles. The summed E-state index contributed by atoms with van der Waals surface area (Å²) < 4.78 is 11.3. The number of unbranched alkanes of at least 4 members (excludes halogenated alkanes) is 1. The van der Waals surface area contributed by atoms with E-state index in [1.54, 1.807) is 0 Å². The van der Waals surface area contributed by atoms with Crippen molar-refractivity contribution in [2.45, 2.75) is 69.1 Å². The summed E-state index contributed by atoms with van der Waals surface area (Å²) in [5.41, 5.74) is 8.47. The van der Waals surface area contributed by atoms with E-state index in [1.165, 1.54) is 5.56 Å².